The van der Waals surface area contributed by atoms with E-state index in [0.29, 0.717) is 21.8 Å². The van der Waals surface area contributed by atoms with Gasteiger partial charge in [-0.25, -0.2) is 4.79 Å². The van der Waals surface area contributed by atoms with E-state index in [1.807, 2.05) is 6.07 Å². The number of nitrogens with zero attached hydrogens (tertiary/aromatic N) is 1. The minimum atomic E-state index is -1.07. The van der Waals surface area contributed by atoms with Gasteiger partial charge in [0.25, 0.3) is 11.8 Å². The van der Waals surface area contributed by atoms with Crippen molar-refractivity contribution in [3.05, 3.63) is 64.7 Å². The third-order valence-electron chi connectivity index (χ3n) is 3.75. The van der Waals surface area contributed by atoms with Crippen LogP contribution in [0.4, 0.5) is 5.69 Å². The number of carbonyl (C=O) groups is 3. The Kier molecular flexibility index (Phi) is 7.13. The molecule has 7 nitrogen and oxygen atoms in total. The zero-order valence-electron chi connectivity index (χ0n) is 15.2. The Hall–Kier alpha value is -3.37. The predicted octanol–water partition coefficient (Wildman–Crippen LogP) is 2.90. The summed E-state index contributed by atoms with van der Waals surface area (Å²) in [6, 6.07) is 13.5. The Bertz CT molecular complexity index is 905. The monoisotopic (exact) mass is 399 g/mol. The molecule has 0 aliphatic heterocycles. The topological polar surface area (TPSA) is 108 Å². The van der Waals surface area contributed by atoms with Crippen LogP contribution in [-0.2, 0) is 14.3 Å². The minimum absolute atomic E-state index is 0.343. The van der Waals surface area contributed by atoms with Crippen molar-refractivity contribution >= 4 is 35.1 Å². The molecule has 8 heteroatoms. The van der Waals surface area contributed by atoms with E-state index >= 15 is 0 Å². The molecule has 2 rings (SSSR count). The van der Waals surface area contributed by atoms with Crippen molar-refractivity contribution < 1.29 is 19.1 Å². The van der Waals surface area contributed by atoms with Crippen molar-refractivity contribution in [3.8, 4) is 6.07 Å². The Balaban J connectivity index is 1.87. The first-order valence-corrected chi connectivity index (χ1v) is 8.76. The van der Waals surface area contributed by atoms with Crippen LogP contribution in [0.5, 0.6) is 0 Å². The Labute approximate surface area is 167 Å². The van der Waals surface area contributed by atoms with Gasteiger partial charge in [0.15, 0.2) is 6.10 Å². The first-order valence-electron chi connectivity index (χ1n) is 8.38. The summed E-state index contributed by atoms with van der Waals surface area (Å²) in [6.45, 7) is 2.88. The van der Waals surface area contributed by atoms with Crippen LogP contribution < -0.4 is 10.6 Å². The van der Waals surface area contributed by atoms with Gasteiger partial charge >= 0.3 is 5.97 Å². The van der Waals surface area contributed by atoms with Crippen LogP contribution in [0.2, 0.25) is 5.02 Å². The third-order valence-corrected chi connectivity index (χ3v) is 4.00. The normalized spacial score (nSPS) is 12.2. The highest BCUT2D eigenvalue weighted by Crippen LogP contribution is 2.11. The van der Waals surface area contributed by atoms with E-state index in [1.54, 1.807) is 36.4 Å². The number of benzene rings is 2. The SMILES string of the molecule is C[C@H](NC(=O)c1ccc(Cl)cc1)C(=O)O[C@H](C)C(=O)Nc1ccc(C#N)cc1. The van der Waals surface area contributed by atoms with Gasteiger partial charge in [-0.15, -0.1) is 0 Å². The average Bonchev–Trinajstić information content (AvgIpc) is 2.68. The molecular formula is C20H18ClN3O4. The van der Waals surface area contributed by atoms with Crippen LogP contribution in [0.3, 0.4) is 0 Å². The summed E-state index contributed by atoms with van der Waals surface area (Å²) in [6.07, 6.45) is -1.07. The molecule has 28 heavy (non-hydrogen) atoms. The fraction of sp³-hybridized carbons (Fsp3) is 0.200. The number of esters is 1. The molecule has 2 aromatic carbocycles. The van der Waals surface area contributed by atoms with Crippen molar-refractivity contribution in [3.63, 3.8) is 0 Å². The van der Waals surface area contributed by atoms with Crippen LogP contribution in [0.25, 0.3) is 0 Å². The molecule has 2 amide bonds. The molecule has 0 heterocycles. The van der Waals surface area contributed by atoms with E-state index in [4.69, 9.17) is 21.6 Å². The molecule has 0 radical (unpaired) electrons. The Morgan fingerprint density at radius 2 is 1.64 bits per heavy atom. The van der Waals surface area contributed by atoms with Crippen molar-refractivity contribution in [1.82, 2.24) is 5.32 Å². The van der Waals surface area contributed by atoms with Crippen LogP contribution in [0.1, 0.15) is 29.8 Å². The number of amides is 2. The standard InChI is InChI=1S/C20H18ClN3O4/c1-12(23-19(26)15-5-7-16(21)8-6-15)20(27)28-13(2)18(25)24-17-9-3-14(11-22)4-10-17/h3-10,12-13H,1-2H3,(H,23,26)(H,24,25)/t12-,13+/m0/s1. The fourth-order valence-corrected chi connectivity index (χ4v) is 2.27. The quantitative estimate of drug-likeness (QED) is 0.726. The number of hydrogen-bond donors (Lipinski definition) is 2. The Morgan fingerprint density at radius 3 is 2.21 bits per heavy atom. The van der Waals surface area contributed by atoms with Gasteiger partial charge in [0.2, 0.25) is 0 Å². The summed E-state index contributed by atoms with van der Waals surface area (Å²) >= 11 is 5.77. The molecular weight excluding hydrogens is 382 g/mol. The van der Waals surface area contributed by atoms with E-state index in [9.17, 15) is 14.4 Å². The second-order valence-corrected chi connectivity index (χ2v) is 6.40. The van der Waals surface area contributed by atoms with Gasteiger partial charge in [-0.3, -0.25) is 9.59 Å². The number of ether oxygens (including phenoxy) is 1. The molecule has 0 aliphatic carbocycles. The van der Waals surface area contributed by atoms with Gasteiger partial charge in [0.05, 0.1) is 11.6 Å². The van der Waals surface area contributed by atoms with Gasteiger partial charge in [0.1, 0.15) is 6.04 Å². The minimum Gasteiger partial charge on any atom is -0.451 e. The highest BCUT2D eigenvalue weighted by Gasteiger charge is 2.23. The summed E-state index contributed by atoms with van der Waals surface area (Å²) in [7, 11) is 0. The molecule has 2 aromatic rings. The third kappa shape index (κ3) is 5.83. The van der Waals surface area contributed by atoms with Gasteiger partial charge in [-0.1, -0.05) is 11.6 Å². The summed E-state index contributed by atoms with van der Waals surface area (Å²) < 4.78 is 5.11. The zero-order chi connectivity index (χ0) is 20.7. The lowest BCUT2D eigenvalue weighted by molar-refractivity contribution is -0.154. The number of hydrogen-bond acceptors (Lipinski definition) is 5. The maximum Gasteiger partial charge on any atom is 0.329 e. The first-order chi connectivity index (χ1) is 13.3. The molecule has 2 atom stereocenters. The van der Waals surface area contributed by atoms with Crippen LogP contribution >= 0.6 is 11.6 Å². The maximum atomic E-state index is 12.1. The second kappa shape index (κ2) is 9.53. The smallest absolute Gasteiger partial charge is 0.329 e. The lowest BCUT2D eigenvalue weighted by Gasteiger charge is -2.17. The first kappa shape index (κ1) is 20.9. The molecule has 0 unspecified atom stereocenters. The zero-order valence-corrected chi connectivity index (χ0v) is 16.0. The molecule has 0 aliphatic rings. The summed E-state index contributed by atoms with van der Waals surface area (Å²) in [5, 5.41) is 14.3. The highest BCUT2D eigenvalue weighted by atomic mass is 35.5. The van der Waals surface area contributed by atoms with Crippen LogP contribution in [-0.4, -0.2) is 29.9 Å². The number of halogens is 1. The van der Waals surface area contributed by atoms with Crippen molar-refractivity contribution in [2.24, 2.45) is 0 Å². The number of nitriles is 1. The number of carbonyl (C=O) groups excluding carboxylic acids is 3. The van der Waals surface area contributed by atoms with Crippen molar-refractivity contribution in [2.75, 3.05) is 5.32 Å². The van der Waals surface area contributed by atoms with E-state index < -0.39 is 29.9 Å². The number of rotatable bonds is 6. The van der Waals surface area contributed by atoms with Gasteiger partial charge in [-0.05, 0) is 62.4 Å². The second-order valence-electron chi connectivity index (χ2n) is 5.96. The van der Waals surface area contributed by atoms with Gasteiger partial charge in [-0.2, -0.15) is 5.26 Å². The molecule has 0 saturated heterocycles. The Morgan fingerprint density at radius 1 is 1.04 bits per heavy atom. The largest absolute Gasteiger partial charge is 0.451 e. The lowest BCUT2D eigenvalue weighted by atomic mass is 10.2. The molecule has 144 valence electrons. The maximum absolute atomic E-state index is 12.1. The van der Waals surface area contributed by atoms with E-state index in [-0.39, 0.29) is 0 Å². The van der Waals surface area contributed by atoms with Gasteiger partial charge < -0.3 is 15.4 Å². The van der Waals surface area contributed by atoms with Crippen molar-refractivity contribution in [1.29, 1.82) is 5.26 Å². The van der Waals surface area contributed by atoms with E-state index in [2.05, 4.69) is 10.6 Å². The van der Waals surface area contributed by atoms with Crippen LogP contribution in [0.15, 0.2) is 48.5 Å². The van der Waals surface area contributed by atoms with Gasteiger partial charge in [0, 0.05) is 16.3 Å². The van der Waals surface area contributed by atoms with E-state index in [1.165, 1.54) is 26.0 Å². The predicted molar refractivity (Wildman–Crippen MR) is 104 cm³/mol. The molecule has 0 bridgehead atoms. The summed E-state index contributed by atoms with van der Waals surface area (Å²) in [5.41, 5.74) is 1.27. The van der Waals surface area contributed by atoms with Crippen LogP contribution in [0, 0.1) is 11.3 Å². The highest BCUT2D eigenvalue weighted by molar-refractivity contribution is 6.30. The molecule has 0 spiro atoms. The molecule has 0 aromatic heterocycles. The average molecular weight is 400 g/mol. The number of nitrogens with one attached hydrogen (secondary N) is 2. The molecule has 0 fully saturated rings. The van der Waals surface area contributed by atoms with E-state index in [0.717, 1.165) is 0 Å². The summed E-state index contributed by atoms with van der Waals surface area (Å²) in [5.74, 6) is -1.74. The molecule has 2 N–H and O–H groups in total. The molecule has 0 saturated carbocycles. The number of anilines is 1. The lowest BCUT2D eigenvalue weighted by Crippen LogP contribution is -2.42. The summed E-state index contributed by atoms with van der Waals surface area (Å²) in [4.78, 5) is 36.4. The fourth-order valence-electron chi connectivity index (χ4n) is 2.14. The van der Waals surface area contributed by atoms with Crippen molar-refractivity contribution in [2.45, 2.75) is 26.0 Å².